The van der Waals surface area contributed by atoms with Crippen molar-refractivity contribution in [1.29, 1.82) is 0 Å². The molecule has 162 valence electrons. The number of halogens is 1. The lowest BCUT2D eigenvalue weighted by Crippen LogP contribution is -2.23. The van der Waals surface area contributed by atoms with Crippen LogP contribution in [0.5, 0.6) is 5.75 Å². The summed E-state index contributed by atoms with van der Waals surface area (Å²) in [5.41, 5.74) is 3.21. The van der Waals surface area contributed by atoms with Gasteiger partial charge in [-0.25, -0.2) is 13.1 Å². The molecule has 0 saturated carbocycles. The van der Waals surface area contributed by atoms with Crippen LogP contribution in [0.3, 0.4) is 0 Å². The third kappa shape index (κ3) is 6.40. The first-order valence-corrected chi connectivity index (χ1v) is 11.9. The van der Waals surface area contributed by atoms with E-state index in [0.717, 1.165) is 21.2 Å². The lowest BCUT2D eigenvalue weighted by atomic mass is 10.1. The summed E-state index contributed by atoms with van der Waals surface area (Å²) in [5.74, 6) is 0.337. The van der Waals surface area contributed by atoms with Gasteiger partial charge in [-0.15, -0.1) is 0 Å². The van der Waals surface area contributed by atoms with Gasteiger partial charge in [0.15, 0.2) is 6.61 Å². The molecule has 3 aromatic carbocycles. The number of sulfonamides is 1. The second-order valence-corrected chi connectivity index (χ2v) is 9.72. The monoisotopic (exact) mass is 502 g/mol. The Morgan fingerprint density at radius 3 is 2.19 bits per heavy atom. The first-order valence-electron chi connectivity index (χ1n) is 9.57. The van der Waals surface area contributed by atoms with Crippen LogP contribution in [0.25, 0.3) is 0 Å². The highest BCUT2D eigenvalue weighted by atomic mass is 79.9. The van der Waals surface area contributed by atoms with Crippen LogP contribution < -0.4 is 14.8 Å². The summed E-state index contributed by atoms with van der Waals surface area (Å²) in [6.45, 7) is 3.88. The van der Waals surface area contributed by atoms with Gasteiger partial charge in [0.2, 0.25) is 10.0 Å². The smallest absolute Gasteiger partial charge is 0.262 e. The molecule has 2 N–H and O–H groups in total. The number of anilines is 1. The van der Waals surface area contributed by atoms with Crippen LogP contribution in [0.15, 0.2) is 76.1 Å². The average molecular weight is 503 g/mol. The Morgan fingerprint density at radius 2 is 1.58 bits per heavy atom. The minimum atomic E-state index is -3.65. The van der Waals surface area contributed by atoms with E-state index in [4.69, 9.17) is 4.74 Å². The van der Waals surface area contributed by atoms with Gasteiger partial charge >= 0.3 is 0 Å². The third-order valence-electron chi connectivity index (χ3n) is 4.53. The number of hydrogen-bond acceptors (Lipinski definition) is 4. The molecule has 0 aliphatic rings. The number of carbonyl (C=O) groups is 1. The predicted molar refractivity (Wildman–Crippen MR) is 125 cm³/mol. The van der Waals surface area contributed by atoms with Crippen LogP contribution in [0, 0.1) is 13.8 Å². The van der Waals surface area contributed by atoms with Crippen molar-refractivity contribution in [3.8, 4) is 5.75 Å². The van der Waals surface area contributed by atoms with Crippen LogP contribution in [0.4, 0.5) is 5.69 Å². The maximum absolute atomic E-state index is 12.5. The number of rotatable bonds is 8. The zero-order valence-electron chi connectivity index (χ0n) is 17.2. The predicted octanol–water partition coefficient (Wildman–Crippen LogP) is 4.56. The molecule has 0 bridgehead atoms. The molecule has 0 unspecified atom stereocenters. The molecule has 0 saturated heterocycles. The van der Waals surface area contributed by atoms with Gasteiger partial charge in [-0.3, -0.25) is 4.79 Å². The number of benzene rings is 3. The standard InChI is InChI=1S/C23H23BrN2O4S/c1-16-12-19(24)13-17(2)23(16)30-15-22(27)26-20-8-10-21(11-9-20)31(28,29)25-14-18-6-4-3-5-7-18/h3-13,25H,14-15H2,1-2H3,(H,26,27). The molecule has 1 amide bonds. The quantitative estimate of drug-likeness (QED) is 0.472. The Labute approximate surface area is 190 Å². The van der Waals surface area contributed by atoms with Gasteiger partial charge in [-0.2, -0.15) is 0 Å². The molecular weight excluding hydrogens is 480 g/mol. The van der Waals surface area contributed by atoms with E-state index in [1.54, 1.807) is 12.1 Å². The van der Waals surface area contributed by atoms with Crippen molar-refractivity contribution >= 4 is 37.5 Å². The van der Waals surface area contributed by atoms with Gasteiger partial charge in [0, 0.05) is 16.7 Å². The minimum absolute atomic E-state index is 0.124. The molecular formula is C23H23BrN2O4S. The van der Waals surface area contributed by atoms with Crippen molar-refractivity contribution < 1.29 is 17.9 Å². The van der Waals surface area contributed by atoms with Crippen molar-refractivity contribution in [2.24, 2.45) is 0 Å². The largest absolute Gasteiger partial charge is 0.483 e. The van der Waals surface area contributed by atoms with E-state index in [1.807, 2.05) is 56.3 Å². The van der Waals surface area contributed by atoms with Crippen LogP contribution in [-0.2, 0) is 21.4 Å². The zero-order chi connectivity index (χ0) is 22.4. The van der Waals surface area contributed by atoms with Crippen LogP contribution in [0.2, 0.25) is 0 Å². The summed E-state index contributed by atoms with van der Waals surface area (Å²) in [6.07, 6.45) is 0. The van der Waals surface area contributed by atoms with Gasteiger partial charge in [-0.05, 0) is 66.9 Å². The van der Waals surface area contributed by atoms with E-state index in [-0.39, 0.29) is 24.0 Å². The Balaban J connectivity index is 1.57. The van der Waals surface area contributed by atoms with E-state index in [0.29, 0.717) is 11.4 Å². The molecule has 3 rings (SSSR count). The Bertz CT molecular complexity index is 1140. The molecule has 0 heterocycles. The molecule has 0 aliphatic carbocycles. The van der Waals surface area contributed by atoms with Crippen LogP contribution >= 0.6 is 15.9 Å². The summed E-state index contributed by atoms with van der Waals surface area (Å²) < 4.78 is 34.1. The topological polar surface area (TPSA) is 84.5 Å². The molecule has 0 aliphatic heterocycles. The minimum Gasteiger partial charge on any atom is -0.483 e. The maximum Gasteiger partial charge on any atom is 0.262 e. The Kier molecular flexibility index (Phi) is 7.48. The number of carbonyl (C=O) groups excluding carboxylic acids is 1. The molecule has 6 nitrogen and oxygen atoms in total. The fraction of sp³-hybridized carbons (Fsp3) is 0.174. The SMILES string of the molecule is Cc1cc(Br)cc(C)c1OCC(=O)Nc1ccc(S(=O)(=O)NCc2ccccc2)cc1. The summed E-state index contributed by atoms with van der Waals surface area (Å²) >= 11 is 3.43. The third-order valence-corrected chi connectivity index (χ3v) is 6.41. The first kappa shape index (κ1) is 23.0. The van der Waals surface area contributed by atoms with Crippen molar-refractivity contribution in [2.75, 3.05) is 11.9 Å². The second-order valence-electron chi connectivity index (χ2n) is 7.04. The first-order chi connectivity index (χ1) is 14.7. The van der Waals surface area contributed by atoms with Crippen molar-refractivity contribution in [1.82, 2.24) is 4.72 Å². The van der Waals surface area contributed by atoms with Gasteiger partial charge in [0.05, 0.1) is 4.90 Å². The van der Waals surface area contributed by atoms with E-state index in [2.05, 4.69) is 26.0 Å². The van der Waals surface area contributed by atoms with Gasteiger partial charge in [0.25, 0.3) is 5.91 Å². The summed E-state index contributed by atoms with van der Waals surface area (Å²) in [6, 6.07) is 19.1. The summed E-state index contributed by atoms with van der Waals surface area (Å²) in [4.78, 5) is 12.4. The van der Waals surface area contributed by atoms with Gasteiger partial charge in [-0.1, -0.05) is 46.3 Å². The number of aryl methyl sites for hydroxylation is 2. The van der Waals surface area contributed by atoms with E-state index >= 15 is 0 Å². The lowest BCUT2D eigenvalue weighted by molar-refractivity contribution is -0.118. The van der Waals surface area contributed by atoms with E-state index < -0.39 is 10.0 Å². The molecule has 31 heavy (non-hydrogen) atoms. The van der Waals surface area contributed by atoms with Gasteiger partial charge in [0.1, 0.15) is 5.75 Å². The molecule has 3 aromatic rings. The molecule has 0 atom stereocenters. The number of hydrogen-bond donors (Lipinski definition) is 2. The summed E-state index contributed by atoms with van der Waals surface area (Å²) in [7, 11) is -3.65. The zero-order valence-corrected chi connectivity index (χ0v) is 19.6. The normalized spacial score (nSPS) is 11.2. The molecule has 8 heteroatoms. The molecule has 0 fully saturated rings. The Morgan fingerprint density at radius 1 is 0.968 bits per heavy atom. The molecule has 0 aromatic heterocycles. The molecule has 0 spiro atoms. The second kappa shape index (κ2) is 10.1. The highest BCUT2D eigenvalue weighted by Crippen LogP contribution is 2.27. The van der Waals surface area contributed by atoms with Crippen molar-refractivity contribution in [3.63, 3.8) is 0 Å². The Hall–Kier alpha value is -2.68. The van der Waals surface area contributed by atoms with Crippen molar-refractivity contribution in [2.45, 2.75) is 25.3 Å². The van der Waals surface area contributed by atoms with Crippen molar-refractivity contribution in [3.05, 3.63) is 87.9 Å². The maximum atomic E-state index is 12.5. The number of nitrogens with one attached hydrogen (secondary N) is 2. The van der Waals surface area contributed by atoms with E-state index in [9.17, 15) is 13.2 Å². The summed E-state index contributed by atoms with van der Waals surface area (Å²) in [5, 5.41) is 2.71. The highest BCUT2D eigenvalue weighted by molar-refractivity contribution is 9.10. The fourth-order valence-corrected chi connectivity index (χ4v) is 4.74. The van der Waals surface area contributed by atoms with Crippen LogP contribution in [0.1, 0.15) is 16.7 Å². The fourth-order valence-electron chi connectivity index (χ4n) is 3.03. The average Bonchev–Trinajstić information content (AvgIpc) is 2.73. The lowest BCUT2D eigenvalue weighted by Gasteiger charge is -2.13. The van der Waals surface area contributed by atoms with Gasteiger partial charge < -0.3 is 10.1 Å². The molecule has 0 radical (unpaired) electrons. The van der Waals surface area contributed by atoms with Crippen LogP contribution in [-0.4, -0.2) is 20.9 Å². The number of ether oxygens (including phenoxy) is 1. The number of amides is 1. The van der Waals surface area contributed by atoms with E-state index in [1.165, 1.54) is 12.1 Å². The highest BCUT2D eigenvalue weighted by Gasteiger charge is 2.14.